The van der Waals surface area contributed by atoms with Gasteiger partial charge in [0.25, 0.3) is 0 Å². The van der Waals surface area contributed by atoms with Crippen molar-refractivity contribution < 1.29 is 14.0 Å². The zero-order chi connectivity index (χ0) is 22.8. The highest BCUT2D eigenvalue weighted by Crippen LogP contribution is 2.08. The number of nitrogens with one attached hydrogen (secondary N) is 2. The fourth-order valence-corrected chi connectivity index (χ4v) is 3.01. The first-order valence-electron chi connectivity index (χ1n) is 10.5. The van der Waals surface area contributed by atoms with Crippen molar-refractivity contribution in [3.05, 3.63) is 59.5 Å². The summed E-state index contributed by atoms with van der Waals surface area (Å²) in [6.45, 7) is 4.97. The predicted molar refractivity (Wildman–Crippen MR) is 120 cm³/mol. The number of likely N-dealkylation sites (N-methyl/N-ethyl adjacent to an activating group) is 1. The second-order valence-corrected chi connectivity index (χ2v) is 7.71. The zero-order valence-electron chi connectivity index (χ0n) is 18.4. The molecule has 2 aromatic rings. The number of pyridine rings is 1. The lowest BCUT2D eigenvalue weighted by atomic mass is 10.0. The molecule has 0 bridgehead atoms. The number of nitrogen functional groups attached to an aromatic ring is 1. The number of nitrogens with two attached hydrogens (primary N) is 1. The third-order valence-electron chi connectivity index (χ3n) is 5.21. The van der Waals surface area contributed by atoms with Gasteiger partial charge in [0.1, 0.15) is 17.7 Å². The van der Waals surface area contributed by atoms with E-state index < -0.39 is 6.04 Å². The van der Waals surface area contributed by atoms with Crippen LogP contribution < -0.4 is 16.4 Å². The average molecular weight is 430 g/mol. The molecular formula is C23H32FN5O2. The van der Waals surface area contributed by atoms with Crippen molar-refractivity contribution in [3.8, 4) is 0 Å². The Labute approximate surface area is 183 Å². The van der Waals surface area contributed by atoms with E-state index in [1.807, 2.05) is 18.9 Å². The van der Waals surface area contributed by atoms with Crippen molar-refractivity contribution in [2.24, 2.45) is 0 Å². The summed E-state index contributed by atoms with van der Waals surface area (Å²) in [4.78, 5) is 31.7. The number of rotatable bonds is 11. The topological polar surface area (TPSA) is 100 Å². The van der Waals surface area contributed by atoms with Gasteiger partial charge in [-0.25, -0.2) is 9.37 Å². The number of carbonyl (C=O) groups is 2. The highest BCUT2D eigenvalue weighted by molar-refractivity contribution is 5.89. The van der Waals surface area contributed by atoms with Crippen LogP contribution in [-0.2, 0) is 22.6 Å². The number of anilines is 1. The Morgan fingerprint density at radius 3 is 2.42 bits per heavy atom. The Kier molecular flexibility index (Phi) is 9.40. The van der Waals surface area contributed by atoms with Crippen molar-refractivity contribution in [1.29, 1.82) is 0 Å². The third kappa shape index (κ3) is 7.97. The molecule has 31 heavy (non-hydrogen) atoms. The summed E-state index contributed by atoms with van der Waals surface area (Å²) in [5.74, 6) is -0.499. The van der Waals surface area contributed by atoms with Crippen LogP contribution in [0.2, 0.25) is 0 Å². The predicted octanol–water partition coefficient (Wildman–Crippen LogP) is 2.27. The van der Waals surface area contributed by atoms with Crippen LogP contribution in [0.5, 0.6) is 0 Å². The molecule has 1 aromatic carbocycles. The first-order valence-corrected chi connectivity index (χ1v) is 10.5. The standard InChI is InChI=1S/C23H32FN5O2/c1-4-5-12-29(3)16(2)22(30)28-20(13-17-6-9-19(24)10-7-17)23(31)27-15-18-8-11-21(25)26-14-18/h6-11,14,16,20H,4-5,12-13,15H2,1-3H3,(H2,25,26)(H,27,31)(H,28,30)/t16?,20-/m0/s1. The van der Waals surface area contributed by atoms with Crippen molar-refractivity contribution in [1.82, 2.24) is 20.5 Å². The van der Waals surface area contributed by atoms with Gasteiger partial charge in [-0.05, 0) is 56.3 Å². The Bertz CT molecular complexity index is 842. The van der Waals surface area contributed by atoms with Crippen LogP contribution in [0.1, 0.15) is 37.8 Å². The molecule has 0 saturated heterocycles. The summed E-state index contributed by atoms with van der Waals surface area (Å²) in [6.07, 6.45) is 3.87. The number of nitrogens with zero attached hydrogens (tertiary/aromatic N) is 2. The molecule has 1 unspecified atom stereocenters. The summed E-state index contributed by atoms with van der Waals surface area (Å²) in [5.41, 5.74) is 7.14. The summed E-state index contributed by atoms with van der Waals surface area (Å²) >= 11 is 0. The van der Waals surface area contributed by atoms with Crippen LogP contribution in [0.4, 0.5) is 10.2 Å². The van der Waals surface area contributed by atoms with E-state index in [0.29, 0.717) is 5.82 Å². The third-order valence-corrected chi connectivity index (χ3v) is 5.21. The van der Waals surface area contributed by atoms with Crippen LogP contribution >= 0.6 is 0 Å². The smallest absolute Gasteiger partial charge is 0.243 e. The van der Waals surface area contributed by atoms with Crippen LogP contribution in [0.3, 0.4) is 0 Å². The number of benzene rings is 1. The minimum atomic E-state index is -0.790. The van der Waals surface area contributed by atoms with Gasteiger partial charge in [-0.1, -0.05) is 31.5 Å². The highest BCUT2D eigenvalue weighted by Gasteiger charge is 2.25. The highest BCUT2D eigenvalue weighted by atomic mass is 19.1. The number of hydrogen-bond donors (Lipinski definition) is 3. The Morgan fingerprint density at radius 1 is 1.13 bits per heavy atom. The number of unbranched alkanes of at least 4 members (excludes halogenated alkanes) is 1. The molecule has 4 N–H and O–H groups in total. The molecule has 7 nitrogen and oxygen atoms in total. The van der Waals surface area contributed by atoms with Gasteiger partial charge in [-0.2, -0.15) is 0 Å². The molecule has 1 heterocycles. The summed E-state index contributed by atoms with van der Waals surface area (Å²) in [5, 5.41) is 5.70. The minimum Gasteiger partial charge on any atom is -0.384 e. The number of carbonyl (C=O) groups excluding carboxylic acids is 2. The monoisotopic (exact) mass is 429 g/mol. The van der Waals surface area contributed by atoms with E-state index in [0.717, 1.165) is 30.5 Å². The number of hydrogen-bond acceptors (Lipinski definition) is 5. The van der Waals surface area contributed by atoms with Crippen LogP contribution in [0, 0.1) is 5.82 Å². The van der Waals surface area contributed by atoms with Crippen molar-refractivity contribution >= 4 is 17.6 Å². The normalized spacial score (nSPS) is 12.9. The van der Waals surface area contributed by atoms with E-state index >= 15 is 0 Å². The summed E-state index contributed by atoms with van der Waals surface area (Å²) < 4.78 is 13.3. The van der Waals surface area contributed by atoms with E-state index in [-0.39, 0.29) is 36.6 Å². The molecular weight excluding hydrogens is 397 g/mol. The van der Waals surface area contributed by atoms with E-state index in [9.17, 15) is 14.0 Å². The molecule has 168 valence electrons. The Hall–Kier alpha value is -3.00. The van der Waals surface area contributed by atoms with Crippen LogP contribution in [-0.4, -0.2) is 47.4 Å². The quantitative estimate of drug-likeness (QED) is 0.509. The molecule has 2 rings (SSSR count). The van der Waals surface area contributed by atoms with Crippen LogP contribution in [0.15, 0.2) is 42.6 Å². The molecule has 0 aliphatic heterocycles. The van der Waals surface area contributed by atoms with Gasteiger partial charge in [0.05, 0.1) is 6.04 Å². The maximum atomic E-state index is 13.3. The van der Waals surface area contributed by atoms with Crippen molar-refractivity contribution in [3.63, 3.8) is 0 Å². The largest absolute Gasteiger partial charge is 0.384 e. The van der Waals surface area contributed by atoms with Gasteiger partial charge in [0.2, 0.25) is 11.8 Å². The number of aromatic nitrogens is 1. The van der Waals surface area contributed by atoms with Gasteiger partial charge < -0.3 is 16.4 Å². The van der Waals surface area contributed by atoms with Crippen molar-refractivity contribution in [2.75, 3.05) is 19.3 Å². The lowest BCUT2D eigenvalue weighted by Crippen LogP contribution is -2.53. The van der Waals surface area contributed by atoms with Gasteiger partial charge in [0, 0.05) is 19.2 Å². The molecule has 0 aliphatic rings. The molecule has 0 saturated carbocycles. The first kappa shape index (κ1) is 24.3. The lowest BCUT2D eigenvalue weighted by molar-refractivity contribution is -0.131. The van der Waals surface area contributed by atoms with Gasteiger partial charge in [-0.3, -0.25) is 14.5 Å². The molecule has 1 aromatic heterocycles. The number of halogens is 1. The SMILES string of the molecule is CCCCN(C)C(C)C(=O)N[C@@H](Cc1ccc(F)cc1)C(=O)NCc1ccc(N)nc1. The molecule has 0 fully saturated rings. The second kappa shape index (κ2) is 12.0. The average Bonchev–Trinajstić information content (AvgIpc) is 2.77. The first-order chi connectivity index (χ1) is 14.8. The minimum absolute atomic E-state index is 0.227. The maximum absolute atomic E-state index is 13.3. The van der Waals surface area contributed by atoms with E-state index in [2.05, 4.69) is 22.5 Å². The van der Waals surface area contributed by atoms with E-state index in [1.165, 1.54) is 12.1 Å². The second-order valence-electron chi connectivity index (χ2n) is 7.71. The maximum Gasteiger partial charge on any atom is 0.243 e. The molecule has 0 radical (unpaired) electrons. The summed E-state index contributed by atoms with van der Waals surface area (Å²) in [6, 6.07) is 8.18. The van der Waals surface area contributed by atoms with Crippen molar-refractivity contribution in [2.45, 2.75) is 51.7 Å². The van der Waals surface area contributed by atoms with E-state index in [1.54, 1.807) is 30.5 Å². The molecule has 2 amide bonds. The molecule has 2 atom stereocenters. The van der Waals surface area contributed by atoms with E-state index in [4.69, 9.17) is 5.73 Å². The van der Waals surface area contributed by atoms with Crippen LogP contribution in [0.25, 0.3) is 0 Å². The Morgan fingerprint density at radius 2 is 1.81 bits per heavy atom. The molecule has 8 heteroatoms. The number of amides is 2. The zero-order valence-corrected chi connectivity index (χ0v) is 18.4. The van der Waals surface area contributed by atoms with Gasteiger partial charge >= 0.3 is 0 Å². The fourth-order valence-electron chi connectivity index (χ4n) is 3.01. The van der Waals surface area contributed by atoms with Gasteiger partial charge in [-0.15, -0.1) is 0 Å². The fraction of sp³-hybridized carbons (Fsp3) is 0.435. The lowest BCUT2D eigenvalue weighted by Gasteiger charge is -2.26. The summed E-state index contributed by atoms with van der Waals surface area (Å²) in [7, 11) is 1.89. The Balaban J connectivity index is 2.07. The van der Waals surface area contributed by atoms with Gasteiger partial charge in [0.15, 0.2) is 0 Å². The molecule has 0 aliphatic carbocycles. The molecule has 0 spiro atoms.